The van der Waals surface area contributed by atoms with Gasteiger partial charge in [0.2, 0.25) is 17.6 Å². The Labute approximate surface area is 213 Å². The summed E-state index contributed by atoms with van der Waals surface area (Å²) in [6.07, 6.45) is 5.56. The third kappa shape index (κ3) is 5.95. The number of nitrogens with one attached hydrogen (secondary N) is 1. The van der Waals surface area contributed by atoms with Gasteiger partial charge in [0.25, 0.3) is 0 Å². The van der Waals surface area contributed by atoms with E-state index in [0.29, 0.717) is 18.3 Å². The van der Waals surface area contributed by atoms with E-state index in [1.165, 1.54) is 30.5 Å². The first-order valence-electron chi connectivity index (χ1n) is 13.3. The second kappa shape index (κ2) is 11.2. The molecule has 7 nitrogen and oxygen atoms in total. The fourth-order valence-corrected chi connectivity index (χ4v) is 5.31. The molecular formula is C29H37N5O2. The van der Waals surface area contributed by atoms with Crippen molar-refractivity contribution >= 4 is 11.6 Å². The topological polar surface area (TPSA) is 74.5 Å². The van der Waals surface area contributed by atoms with Crippen LogP contribution in [-0.2, 0) is 11.3 Å². The van der Waals surface area contributed by atoms with E-state index in [4.69, 9.17) is 4.52 Å². The molecule has 1 unspecified atom stereocenters. The highest BCUT2D eigenvalue weighted by atomic mass is 16.5. The molecule has 5 rings (SSSR count). The fourth-order valence-electron chi connectivity index (χ4n) is 5.31. The van der Waals surface area contributed by atoms with Crippen LogP contribution in [0.3, 0.4) is 0 Å². The molecule has 190 valence electrons. The number of carbonyl (C=O) groups is 1. The van der Waals surface area contributed by atoms with Gasteiger partial charge in [0.05, 0.1) is 12.6 Å². The van der Waals surface area contributed by atoms with E-state index in [2.05, 4.69) is 75.5 Å². The Morgan fingerprint density at radius 2 is 1.81 bits per heavy atom. The van der Waals surface area contributed by atoms with Crippen molar-refractivity contribution in [1.82, 2.24) is 20.4 Å². The maximum absolute atomic E-state index is 13.0. The minimum absolute atomic E-state index is 0.00405. The van der Waals surface area contributed by atoms with Gasteiger partial charge in [0.15, 0.2) is 0 Å². The molecule has 0 radical (unpaired) electrons. The van der Waals surface area contributed by atoms with Crippen LogP contribution < -0.4 is 10.2 Å². The van der Waals surface area contributed by atoms with Crippen molar-refractivity contribution in [2.75, 3.05) is 31.1 Å². The third-order valence-corrected chi connectivity index (χ3v) is 7.53. The van der Waals surface area contributed by atoms with Crippen molar-refractivity contribution in [1.29, 1.82) is 0 Å². The van der Waals surface area contributed by atoms with Crippen LogP contribution in [-0.4, -0.2) is 47.1 Å². The number of hydrogen-bond donors (Lipinski definition) is 1. The molecule has 0 aliphatic carbocycles. The van der Waals surface area contributed by atoms with Crippen molar-refractivity contribution in [3.8, 4) is 11.4 Å². The first kappa shape index (κ1) is 24.5. The van der Waals surface area contributed by atoms with Crippen molar-refractivity contribution in [3.05, 3.63) is 65.5 Å². The van der Waals surface area contributed by atoms with Crippen molar-refractivity contribution in [2.45, 2.75) is 58.5 Å². The van der Waals surface area contributed by atoms with Crippen LogP contribution in [0.15, 0.2) is 53.1 Å². The Morgan fingerprint density at radius 3 is 2.53 bits per heavy atom. The summed E-state index contributed by atoms with van der Waals surface area (Å²) in [7, 11) is 0. The molecule has 2 saturated heterocycles. The molecule has 2 aromatic carbocycles. The normalized spacial score (nSPS) is 18.2. The summed E-state index contributed by atoms with van der Waals surface area (Å²) in [5, 5.41) is 7.39. The second-order valence-corrected chi connectivity index (χ2v) is 10.3. The smallest absolute Gasteiger partial charge is 0.241 e. The van der Waals surface area contributed by atoms with Gasteiger partial charge >= 0.3 is 0 Å². The van der Waals surface area contributed by atoms with E-state index in [1.54, 1.807) is 0 Å². The molecule has 1 N–H and O–H groups in total. The quantitative estimate of drug-likeness (QED) is 0.498. The molecule has 0 saturated carbocycles. The molecule has 1 atom stereocenters. The monoisotopic (exact) mass is 487 g/mol. The summed E-state index contributed by atoms with van der Waals surface area (Å²) in [6.45, 7) is 8.72. The molecule has 0 bridgehead atoms. The molecule has 2 fully saturated rings. The lowest BCUT2D eigenvalue weighted by Gasteiger charge is -2.31. The van der Waals surface area contributed by atoms with Gasteiger partial charge in [0, 0.05) is 30.3 Å². The van der Waals surface area contributed by atoms with Crippen LogP contribution in [0.25, 0.3) is 11.4 Å². The maximum atomic E-state index is 13.0. The van der Waals surface area contributed by atoms with E-state index >= 15 is 0 Å². The van der Waals surface area contributed by atoms with Crippen LogP contribution in [0, 0.1) is 12.8 Å². The number of hydrogen-bond acceptors (Lipinski definition) is 6. The van der Waals surface area contributed by atoms with E-state index in [9.17, 15) is 4.79 Å². The summed E-state index contributed by atoms with van der Waals surface area (Å²) in [5.41, 5.74) is 4.58. The number of likely N-dealkylation sites (tertiary alicyclic amines) is 1. The van der Waals surface area contributed by atoms with Gasteiger partial charge in [-0.15, -0.1) is 0 Å². The van der Waals surface area contributed by atoms with Crippen LogP contribution in [0.4, 0.5) is 5.69 Å². The summed E-state index contributed by atoms with van der Waals surface area (Å²) in [6, 6.07) is 16.8. The van der Waals surface area contributed by atoms with Gasteiger partial charge in [-0.25, -0.2) is 0 Å². The van der Waals surface area contributed by atoms with Gasteiger partial charge < -0.3 is 14.7 Å². The predicted octanol–water partition coefficient (Wildman–Crippen LogP) is 5.12. The Balaban J connectivity index is 1.08. The molecule has 3 aromatic rings. The largest absolute Gasteiger partial charge is 0.372 e. The Kier molecular flexibility index (Phi) is 7.66. The van der Waals surface area contributed by atoms with Crippen LogP contribution in [0.5, 0.6) is 0 Å². The summed E-state index contributed by atoms with van der Waals surface area (Å²) in [4.78, 5) is 22.3. The van der Waals surface area contributed by atoms with Crippen molar-refractivity contribution < 1.29 is 9.32 Å². The van der Waals surface area contributed by atoms with E-state index < -0.39 is 0 Å². The Morgan fingerprint density at radius 1 is 1.06 bits per heavy atom. The zero-order valence-electron chi connectivity index (χ0n) is 21.4. The van der Waals surface area contributed by atoms with Gasteiger partial charge in [0.1, 0.15) is 0 Å². The molecule has 1 aromatic heterocycles. The number of aromatic nitrogens is 2. The SMILES string of the molecule is Cc1cccc(-c2noc(CN3CCC(C(=O)NC(C)c4ccc(N5CCCCC5)cc4)CC3)n2)c1. The van der Waals surface area contributed by atoms with Crippen LogP contribution >= 0.6 is 0 Å². The number of aryl methyl sites for hydroxylation is 1. The number of amides is 1. The maximum Gasteiger partial charge on any atom is 0.241 e. The van der Waals surface area contributed by atoms with Crippen LogP contribution in [0.2, 0.25) is 0 Å². The third-order valence-electron chi connectivity index (χ3n) is 7.53. The highest BCUT2D eigenvalue weighted by Gasteiger charge is 2.27. The van der Waals surface area contributed by atoms with E-state index in [-0.39, 0.29) is 17.9 Å². The number of piperidine rings is 2. The minimum atomic E-state index is 0.00405. The highest BCUT2D eigenvalue weighted by molar-refractivity contribution is 5.79. The summed E-state index contributed by atoms with van der Waals surface area (Å²) in [5.74, 6) is 1.44. The fraction of sp³-hybridized carbons (Fsp3) is 0.483. The van der Waals surface area contributed by atoms with Crippen molar-refractivity contribution in [3.63, 3.8) is 0 Å². The summed E-state index contributed by atoms with van der Waals surface area (Å²) < 4.78 is 5.50. The van der Waals surface area contributed by atoms with Crippen molar-refractivity contribution in [2.24, 2.45) is 5.92 Å². The average Bonchev–Trinajstić information content (AvgIpc) is 3.38. The zero-order chi connectivity index (χ0) is 24.9. The Bertz CT molecular complexity index is 1140. The number of carbonyl (C=O) groups excluding carboxylic acids is 1. The van der Waals surface area contributed by atoms with Crippen LogP contribution in [0.1, 0.15) is 62.1 Å². The van der Waals surface area contributed by atoms with E-state index in [0.717, 1.165) is 50.1 Å². The standard InChI is InChI=1S/C29H37N5O2/c1-21-7-6-8-25(19-21)28-31-27(36-32-28)20-33-17-13-24(14-18-33)29(35)30-22(2)23-9-11-26(12-10-23)34-15-4-3-5-16-34/h6-12,19,22,24H,3-5,13-18,20H2,1-2H3,(H,30,35). The van der Waals surface area contributed by atoms with E-state index in [1.807, 2.05) is 12.1 Å². The Hall–Kier alpha value is -3.19. The number of benzene rings is 2. The zero-order valence-corrected chi connectivity index (χ0v) is 21.4. The minimum Gasteiger partial charge on any atom is -0.372 e. The average molecular weight is 488 g/mol. The molecule has 2 aliphatic heterocycles. The lowest BCUT2D eigenvalue weighted by molar-refractivity contribution is -0.127. The second-order valence-electron chi connectivity index (χ2n) is 10.3. The van der Waals surface area contributed by atoms with Gasteiger partial charge in [-0.1, -0.05) is 41.1 Å². The summed E-state index contributed by atoms with van der Waals surface area (Å²) >= 11 is 0. The number of anilines is 1. The molecule has 7 heteroatoms. The molecule has 0 spiro atoms. The predicted molar refractivity (Wildman–Crippen MR) is 142 cm³/mol. The lowest BCUT2D eigenvalue weighted by atomic mass is 9.95. The van der Waals surface area contributed by atoms with Gasteiger partial charge in [-0.2, -0.15) is 4.98 Å². The lowest BCUT2D eigenvalue weighted by Crippen LogP contribution is -2.41. The molecule has 2 aliphatic rings. The van der Waals surface area contributed by atoms with Gasteiger partial charge in [-0.3, -0.25) is 9.69 Å². The highest BCUT2D eigenvalue weighted by Crippen LogP contribution is 2.25. The molecule has 1 amide bonds. The first-order valence-corrected chi connectivity index (χ1v) is 13.3. The number of rotatable bonds is 7. The molecule has 36 heavy (non-hydrogen) atoms. The molecular weight excluding hydrogens is 450 g/mol. The molecule has 3 heterocycles. The first-order chi connectivity index (χ1) is 17.5. The number of nitrogens with zero attached hydrogens (tertiary/aromatic N) is 4. The van der Waals surface area contributed by atoms with Gasteiger partial charge in [-0.05, 0) is 82.8 Å².